The molecule has 0 radical (unpaired) electrons. The summed E-state index contributed by atoms with van der Waals surface area (Å²) in [6, 6.07) is 0. The first-order valence-corrected chi connectivity index (χ1v) is 4.46. The molecule has 1 nitrogen and oxygen atoms in total. The lowest BCUT2D eigenvalue weighted by atomic mass is 9.96. The van der Waals surface area contributed by atoms with Crippen molar-refractivity contribution in [2.24, 2.45) is 5.92 Å². The topological polar surface area (TPSA) is 9.23 Å². The summed E-state index contributed by atoms with van der Waals surface area (Å²) < 4.78 is 5.46. The molecule has 1 aliphatic heterocycles. The van der Waals surface area contributed by atoms with Gasteiger partial charge in [-0.15, -0.1) is 0 Å². The predicted molar refractivity (Wildman–Crippen MR) is 43.0 cm³/mol. The van der Waals surface area contributed by atoms with Crippen LogP contribution in [0, 0.1) is 5.92 Å². The van der Waals surface area contributed by atoms with Crippen LogP contribution in [0.2, 0.25) is 0 Å². The van der Waals surface area contributed by atoms with Crippen molar-refractivity contribution in [2.45, 2.75) is 45.6 Å². The Morgan fingerprint density at radius 1 is 1.50 bits per heavy atom. The van der Waals surface area contributed by atoms with Crippen LogP contribution >= 0.6 is 0 Å². The normalized spacial score (nSPS) is 33.0. The fourth-order valence-corrected chi connectivity index (χ4v) is 1.62. The third-order valence-corrected chi connectivity index (χ3v) is 2.46. The molecule has 1 rings (SSSR count). The highest BCUT2D eigenvalue weighted by Gasteiger charge is 2.22. The Kier molecular flexibility index (Phi) is 3.20. The van der Waals surface area contributed by atoms with Gasteiger partial charge in [-0.05, 0) is 25.7 Å². The van der Waals surface area contributed by atoms with Crippen molar-refractivity contribution in [1.29, 1.82) is 0 Å². The van der Waals surface area contributed by atoms with Crippen LogP contribution in [-0.4, -0.2) is 12.7 Å². The van der Waals surface area contributed by atoms with Crippen LogP contribution < -0.4 is 0 Å². The Bertz CT molecular complexity index is 90.7. The molecule has 0 bridgehead atoms. The van der Waals surface area contributed by atoms with Crippen molar-refractivity contribution in [3.05, 3.63) is 0 Å². The van der Waals surface area contributed by atoms with E-state index in [1.807, 2.05) is 0 Å². The highest BCUT2D eigenvalue weighted by Crippen LogP contribution is 2.25. The standard InChI is InChI=1S/C9H18O/c1-3-4-5-9-6-7-10-8(9)2/h8-9H,3-7H2,1-2H3/t8-,9-/m0/s1. The highest BCUT2D eigenvalue weighted by atomic mass is 16.5. The molecule has 0 unspecified atom stereocenters. The van der Waals surface area contributed by atoms with Crippen LogP contribution in [-0.2, 0) is 4.74 Å². The monoisotopic (exact) mass is 142 g/mol. The van der Waals surface area contributed by atoms with Crippen molar-refractivity contribution in [1.82, 2.24) is 0 Å². The molecule has 0 N–H and O–H groups in total. The number of ether oxygens (including phenoxy) is 1. The van der Waals surface area contributed by atoms with Gasteiger partial charge in [0.25, 0.3) is 0 Å². The highest BCUT2D eigenvalue weighted by molar-refractivity contribution is 4.71. The molecule has 10 heavy (non-hydrogen) atoms. The average molecular weight is 142 g/mol. The Balaban J connectivity index is 2.14. The van der Waals surface area contributed by atoms with Crippen molar-refractivity contribution in [2.75, 3.05) is 6.61 Å². The summed E-state index contributed by atoms with van der Waals surface area (Å²) in [5.74, 6) is 0.861. The molecule has 0 amide bonds. The lowest BCUT2D eigenvalue weighted by Gasteiger charge is -2.12. The van der Waals surface area contributed by atoms with Crippen LogP contribution in [0.3, 0.4) is 0 Å². The van der Waals surface area contributed by atoms with Gasteiger partial charge in [-0.3, -0.25) is 0 Å². The van der Waals surface area contributed by atoms with Crippen molar-refractivity contribution in [3.8, 4) is 0 Å². The van der Waals surface area contributed by atoms with E-state index in [0.717, 1.165) is 12.5 Å². The molecular weight excluding hydrogens is 124 g/mol. The molecule has 0 aromatic heterocycles. The summed E-state index contributed by atoms with van der Waals surface area (Å²) in [5.41, 5.74) is 0. The molecule has 0 aromatic rings. The van der Waals surface area contributed by atoms with Crippen LogP contribution in [0.1, 0.15) is 39.5 Å². The van der Waals surface area contributed by atoms with E-state index < -0.39 is 0 Å². The SMILES string of the molecule is CCCC[C@H]1CCO[C@H]1C. The van der Waals surface area contributed by atoms with Gasteiger partial charge in [-0.25, -0.2) is 0 Å². The number of hydrogen-bond donors (Lipinski definition) is 0. The second-order valence-electron chi connectivity index (χ2n) is 3.27. The first-order valence-electron chi connectivity index (χ1n) is 4.46. The van der Waals surface area contributed by atoms with Gasteiger partial charge in [0, 0.05) is 6.61 Å². The zero-order chi connectivity index (χ0) is 7.40. The van der Waals surface area contributed by atoms with Crippen LogP contribution in [0.5, 0.6) is 0 Å². The van der Waals surface area contributed by atoms with Crippen molar-refractivity contribution in [3.63, 3.8) is 0 Å². The van der Waals surface area contributed by atoms with E-state index in [-0.39, 0.29) is 0 Å². The van der Waals surface area contributed by atoms with Gasteiger partial charge in [0.1, 0.15) is 0 Å². The molecule has 0 aromatic carbocycles. The van der Waals surface area contributed by atoms with E-state index in [1.54, 1.807) is 0 Å². The van der Waals surface area contributed by atoms with Gasteiger partial charge >= 0.3 is 0 Å². The van der Waals surface area contributed by atoms with Gasteiger partial charge < -0.3 is 4.74 Å². The van der Waals surface area contributed by atoms with Crippen LogP contribution in [0.4, 0.5) is 0 Å². The molecule has 1 heterocycles. The quantitative estimate of drug-likeness (QED) is 0.588. The van der Waals surface area contributed by atoms with E-state index >= 15 is 0 Å². The third kappa shape index (κ3) is 1.98. The zero-order valence-electron chi connectivity index (χ0n) is 7.10. The van der Waals surface area contributed by atoms with Crippen LogP contribution in [0.15, 0.2) is 0 Å². The summed E-state index contributed by atoms with van der Waals surface area (Å²) in [6.07, 6.45) is 5.90. The lowest BCUT2D eigenvalue weighted by Crippen LogP contribution is -2.10. The fourth-order valence-electron chi connectivity index (χ4n) is 1.62. The maximum Gasteiger partial charge on any atom is 0.0575 e. The zero-order valence-corrected chi connectivity index (χ0v) is 7.10. The molecule has 0 spiro atoms. The number of unbranched alkanes of at least 4 members (excludes halogenated alkanes) is 1. The van der Waals surface area contributed by atoms with E-state index in [4.69, 9.17) is 4.74 Å². The molecule has 1 heteroatoms. The minimum Gasteiger partial charge on any atom is -0.378 e. The smallest absolute Gasteiger partial charge is 0.0575 e. The average Bonchev–Trinajstić information content (AvgIpc) is 2.31. The summed E-state index contributed by atoms with van der Waals surface area (Å²) in [6.45, 7) is 5.45. The molecule has 1 saturated heterocycles. The number of rotatable bonds is 3. The first kappa shape index (κ1) is 8.06. The summed E-state index contributed by atoms with van der Waals surface area (Å²) in [7, 11) is 0. The minimum absolute atomic E-state index is 0.534. The minimum atomic E-state index is 0.534. The number of hydrogen-bond acceptors (Lipinski definition) is 1. The molecule has 60 valence electrons. The van der Waals surface area contributed by atoms with E-state index in [2.05, 4.69) is 13.8 Å². The molecule has 0 aliphatic carbocycles. The molecule has 2 atom stereocenters. The predicted octanol–water partition coefficient (Wildman–Crippen LogP) is 2.60. The maximum atomic E-state index is 5.46. The molecular formula is C9H18O. The fraction of sp³-hybridized carbons (Fsp3) is 1.00. The summed E-state index contributed by atoms with van der Waals surface area (Å²) in [5, 5.41) is 0. The van der Waals surface area contributed by atoms with Gasteiger partial charge in [-0.2, -0.15) is 0 Å². The first-order chi connectivity index (χ1) is 4.84. The van der Waals surface area contributed by atoms with E-state index in [0.29, 0.717) is 6.10 Å². The van der Waals surface area contributed by atoms with Gasteiger partial charge in [0.15, 0.2) is 0 Å². The van der Waals surface area contributed by atoms with E-state index in [1.165, 1.54) is 25.7 Å². The Hall–Kier alpha value is -0.0400. The second kappa shape index (κ2) is 3.97. The molecule has 1 fully saturated rings. The molecule has 0 saturated carbocycles. The second-order valence-corrected chi connectivity index (χ2v) is 3.27. The maximum absolute atomic E-state index is 5.46. The Morgan fingerprint density at radius 3 is 2.80 bits per heavy atom. The largest absolute Gasteiger partial charge is 0.378 e. The van der Waals surface area contributed by atoms with Crippen molar-refractivity contribution >= 4 is 0 Å². The van der Waals surface area contributed by atoms with Crippen molar-refractivity contribution < 1.29 is 4.74 Å². The summed E-state index contributed by atoms with van der Waals surface area (Å²) >= 11 is 0. The lowest BCUT2D eigenvalue weighted by molar-refractivity contribution is 0.103. The van der Waals surface area contributed by atoms with Gasteiger partial charge in [0.2, 0.25) is 0 Å². The van der Waals surface area contributed by atoms with Gasteiger partial charge in [-0.1, -0.05) is 19.8 Å². The van der Waals surface area contributed by atoms with Crippen LogP contribution in [0.25, 0.3) is 0 Å². The summed E-state index contributed by atoms with van der Waals surface area (Å²) in [4.78, 5) is 0. The third-order valence-electron chi connectivity index (χ3n) is 2.46. The van der Waals surface area contributed by atoms with E-state index in [9.17, 15) is 0 Å². The van der Waals surface area contributed by atoms with Gasteiger partial charge in [0.05, 0.1) is 6.10 Å². The Morgan fingerprint density at radius 2 is 2.30 bits per heavy atom. The molecule has 1 aliphatic rings. The Labute approximate surface area is 63.8 Å².